The molecule has 3 N–H and O–H groups in total. The van der Waals surface area contributed by atoms with Crippen LogP contribution in [0.3, 0.4) is 0 Å². The molecule has 4 bridgehead atoms. The fourth-order valence-corrected chi connectivity index (χ4v) is 5.15. The highest BCUT2D eigenvalue weighted by Crippen LogP contribution is 2.60. The summed E-state index contributed by atoms with van der Waals surface area (Å²) in [6, 6.07) is 2.06. The standard InChI is InChI=1S/C14H20N4/c15-18-13-4-12(16-8-17-13)14-5-9-1-10(6-14)3-11(2-9)7-14/h4,8-11H,1-3,5-7,15H2,(H,16,17,18). The van der Waals surface area contributed by atoms with E-state index in [1.807, 2.05) is 0 Å². The van der Waals surface area contributed by atoms with Crippen molar-refractivity contribution in [3.8, 4) is 0 Å². The van der Waals surface area contributed by atoms with Crippen molar-refractivity contribution in [2.75, 3.05) is 5.43 Å². The van der Waals surface area contributed by atoms with Crippen molar-refractivity contribution in [2.24, 2.45) is 23.6 Å². The quantitative estimate of drug-likeness (QED) is 0.618. The van der Waals surface area contributed by atoms with Crippen molar-refractivity contribution < 1.29 is 0 Å². The molecular weight excluding hydrogens is 224 g/mol. The Balaban J connectivity index is 1.74. The number of nitrogens with one attached hydrogen (secondary N) is 1. The third-order valence-electron chi connectivity index (χ3n) is 5.40. The van der Waals surface area contributed by atoms with Crippen molar-refractivity contribution in [1.29, 1.82) is 0 Å². The minimum absolute atomic E-state index is 0.337. The zero-order chi connectivity index (χ0) is 12.2. The van der Waals surface area contributed by atoms with Gasteiger partial charge in [-0.1, -0.05) is 0 Å². The van der Waals surface area contributed by atoms with Gasteiger partial charge in [0.15, 0.2) is 0 Å². The largest absolute Gasteiger partial charge is 0.308 e. The van der Waals surface area contributed by atoms with Crippen LogP contribution in [-0.2, 0) is 5.41 Å². The molecule has 4 fully saturated rings. The van der Waals surface area contributed by atoms with E-state index in [1.54, 1.807) is 6.33 Å². The molecule has 5 rings (SSSR count). The molecule has 4 aliphatic carbocycles. The Hall–Kier alpha value is -1.16. The maximum Gasteiger partial charge on any atom is 0.143 e. The van der Waals surface area contributed by atoms with Crippen molar-refractivity contribution in [3.05, 3.63) is 18.1 Å². The van der Waals surface area contributed by atoms with E-state index in [-0.39, 0.29) is 0 Å². The molecule has 0 radical (unpaired) electrons. The van der Waals surface area contributed by atoms with Crippen LogP contribution < -0.4 is 11.3 Å². The van der Waals surface area contributed by atoms with Crippen LogP contribution in [0.25, 0.3) is 0 Å². The summed E-state index contributed by atoms with van der Waals surface area (Å²) < 4.78 is 0. The topological polar surface area (TPSA) is 63.8 Å². The van der Waals surface area contributed by atoms with Gasteiger partial charge in [-0.3, -0.25) is 0 Å². The van der Waals surface area contributed by atoms with Gasteiger partial charge in [0.2, 0.25) is 0 Å². The number of nitrogens with two attached hydrogens (primary N) is 1. The van der Waals surface area contributed by atoms with E-state index in [2.05, 4.69) is 21.5 Å². The average Bonchev–Trinajstić information content (AvgIpc) is 2.37. The molecule has 0 saturated heterocycles. The molecule has 1 heterocycles. The van der Waals surface area contributed by atoms with Crippen LogP contribution in [0, 0.1) is 17.8 Å². The summed E-state index contributed by atoms with van der Waals surface area (Å²) in [5.74, 6) is 9.05. The second-order valence-corrected chi connectivity index (χ2v) is 6.63. The van der Waals surface area contributed by atoms with Gasteiger partial charge in [0, 0.05) is 11.5 Å². The molecule has 0 atom stereocenters. The van der Waals surface area contributed by atoms with Crippen molar-refractivity contribution in [2.45, 2.75) is 43.9 Å². The van der Waals surface area contributed by atoms with Gasteiger partial charge in [0.05, 0.1) is 5.69 Å². The fraction of sp³-hybridized carbons (Fsp3) is 0.714. The number of anilines is 1. The number of hydrazine groups is 1. The monoisotopic (exact) mass is 244 g/mol. The Bertz CT molecular complexity index is 435. The first kappa shape index (κ1) is 10.7. The van der Waals surface area contributed by atoms with Gasteiger partial charge in [-0.15, -0.1) is 0 Å². The molecular formula is C14H20N4. The lowest BCUT2D eigenvalue weighted by molar-refractivity contribution is -0.00723. The van der Waals surface area contributed by atoms with E-state index >= 15 is 0 Å². The minimum Gasteiger partial charge on any atom is -0.308 e. The van der Waals surface area contributed by atoms with E-state index in [1.165, 1.54) is 44.2 Å². The highest BCUT2D eigenvalue weighted by Gasteiger charge is 2.52. The molecule has 1 aromatic rings. The Morgan fingerprint density at radius 3 is 2.22 bits per heavy atom. The zero-order valence-corrected chi connectivity index (χ0v) is 10.6. The molecule has 4 heteroatoms. The zero-order valence-electron chi connectivity index (χ0n) is 10.6. The van der Waals surface area contributed by atoms with Gasteiger partial charge in [0.25, 0.3) is 0 Å². The predicted octanol–water partition coefficient (Wildman–Crippen LogP) is 2.23. The van der Waals surface area contributed by atoms with Gasteiger partial charge < -0.3 is 5.43 Å². The molecule has 4 aliphatic rings. The Morgan fingerprint density at radius 2 is 1.67 bits per heavy atom. The summed E-state index contributed by atoms with van der Waals surface area (Å²) in [7, 11) is 0. The molecule has 4 nitrogen and oxygen atoms in total. The lowest BCUT2D eigenvalue weighted by atomic mass is 9.49. The van der Waals surface area contributed by atoms with E-state index in [0.717, 1.165) is 23.6 Å². The Morgan fingerprint density at radius 1 is 1.06 bits per heavy atom. The van der Waals surface area contributed by atoms with Crippen molar-refractivity contribution >= 4 is 5.82 Å². The van der Waals surface area contributed by atoms with Crippen LogP contribution in [0.4, 0.5) is 5.82 Å². The second kappa shape index (κ2) is 3.67. The molecule has 96 valence electrons. The lowest BCUT2D eigenvalue weighted by Gasteiger charge is -2.56. The van der Waals surface area contributed by atoms with Gasteiger partial charge >= 0.3 is 0 Å². The number of hydrogen-bond acceptors (Lipinski definition) is 4. The van der Waals surface area contributed by atoms with E-state index in [4.69, 9.17) is 5.84 Å². The molecule has 0 aliphatic heterocycles. The smallest absolute Gasteiger partial charge is 0.143 e. The molecule has 0 unspecified atom stereocenters. The number of rotatable bonds is 2. The number of nitrogens with zero attached hydrogens (tertiary/aromatic N) is 2. The summed E-state index contributed by atoms with van der Waals surface area (Å²) in [5, 5.41) is 0. The van der Waals surface area contributed by atoms with Crippen LogP contribution in [0.1, 0.15) is 44.2 Å². The average molecular weight is 244 g/mol. The number of aromatic nitrogens is 2. The summed E-state index contributed by atoms with van der Waals surface area (Å²) in [6.45, 7) is 0. The number of hydrogen-bond donors (Lipinski definition) is 2. The maximum atomic E-state index is 5.47. The summed E-state index contributed by atoms with van der Waals surface area (Å²) in [5.41, 5.74) is 4.21. The number of nitrogen functional groups attached to an aromatic ring is 1. The first-order valence-corrected chi connectivity index (χ1v) is 7.06. The third-order valence-corrected chi connectivity index (χ3v) is 5.40. The van der Waals surface area contributed by atoms with Crippen LogP contribution >= 0.6 is 0 Å². The molecule has 1 aromatic heterocycles. The highest BCUT2D eigenvalue weighted by atomic mass is 15.3. The van der Waals surface area contributed by atoms with Gasteiger partial charge in [0.1, 0.15) is 12.1 Å². The third kappa shape index (κ3) is 1.48. The van der Waals surface area contributed by atoms with E-state index < -0.39 is 0 Å². The molecule has 0 spiro atoms. The first-order valence-electron chi connectivity index (χ1n) is 7.06. The van der Waals surface area contributed by atoms with Crippen LogP contribution in [0.5, 0.6) is 0 Å². The molecule has 18 heavy (non-hydrogen) atoms. The maximum absolute atomic E-state index is 5.47. The molecule has 0 aromatic carbocycles. The normalized spacial score (nSPS) is 41.1. The summed E-state index contributed by atoms with van der Waals surface area (Å²) in [6.07, 6.45) is 10.0. The summed E-state index contributed by atoms with van der Waals surface area (Å²) in [4.78, 5) is 8.71. The van der Waals surface area contributed by atoms with E-state index in [9.17, 15) is 0 Å². The SMILES string of the molecule is NNc1cc(C23CC4CC(CC(C4)C2)C3)ncn1. The van der Waals surface area contributed by atoms with Crippen LogP contribution in [0.15, 0.2) is 12.4 Å². The Labute approximate surface area is 107 Å². The van der Waals surface area contributed by atoms with E-state index in [0.29, 0.717) is 5.41 Å². The summed E-state index contributed by atoms with van der Waals surface area (Å²) >= 11 is 0. The predicted molar refractivity (Wildman–Crippen MR) is 69.7 cm³/mol. The highest BCUT2D eigenvalue weighted by molar-refractivity contribution is 5.37. The Kier molecular flexibility index (Phi) is 2.19. The van der Waals surface area contributed by atoms with Crippen molar-refractivity contribution in [3.63, 3.8) is 0 Å². The van der Waals surface area contributed by atoms with Crippen LogP contribution in [0.2, 0.25) is 0 Å². The lowest BCUT2D eigenvalue weighted by Crippen LogP contribution is -2.49. The second-order valence-electron chi connectivity index (χ2n) is 6.63. The van der Waals surface area contributed by atoms with Crippen LogP contribution in [-0.4, -0.2) is 9.97 Å². The fourth-order valence-electron chi connectivity index (χ4n) is 5.15. The minimum atomic E-state index is 0.337. The van der Waals surface area contributed by atoms with Crippen molar-refractivity contribution in [1.82, 2.24) is 9.97 Å². The first-order chi connectivity index (χ1) is 8.77. The van der Waals surface area contributed by atoms with Gasteiger partial charge in [-0.2, -0.15) is 0 Å². The molecule has 0 amide bonds. The van der Waals surface area contributed by atoms with Gasteiger partial charge in [-0.25, -0.2) is 15.8 Å². The molecule has 4 saturated carbocycles. The van der Waals surface area contributed by atoms with Gasteiger partial charge in [-0.05, 0) is 56.3 Å².